The molecule has 0 radical (unpaired) electrons. The molecular formula is C23H26FN3O. The molecule has 0 bridgehead atoms. The van der Waals surface area contributed by atoms with Crippen LogP contribution in [0, 0.1) is 5.82 Å². The molecule has 28 heavy (non-hydrogen) atoms. The monoisotopic (exact) mass is 379 g/mol. The third-order valence-electron chi connectivity index (χ3n) is 5.58. The number of hydrogen-bond acceptors (Lipinski definition) is 3. The molecule has 2 aliphatic rings. The minimum Gasteiger partial charge on any atom is -0.368 e. The van der Waals surface area contributed by atoms with Gasteiger partial charge in [0, 0.05) is 57.1 Å². The Labute approximate surface area is 165 Å². The van der Waals surface area contributed by atoms with Gasteiger partial charge < -0.3 is 9.80 Å². The largest absolute Gasteiger partial charge is 0.368 e. The second-order valence-electron chi connectivity index (χ2n) is 7.46. The summed E-state index contributed by atoms with van der Waals surface area (Å²) in [6.45, 7) is 5.70. The van der Waals surface area contributed by atoms with Crippen LogP contribution < -0.4 is 4.90 Å². The summed E-state index contributed by atoms with van der Waals surface area (Å²) in [5.74, 6) is -0.0170. The van der Waals surface area contributed by atoms with Gasteiger partial charge in [0.1, 0.15) is 5.82 Å². The number of halogens is 1. The summed E-state index contributed by atoms with van der Waals surface area (Å²) in [6, 6.07) is 17.0. The average molecular weight is 379 g/mol. The van der Waals surface area contributed by atoms with E-state index in [0.717, 1.165) is 63.4 Å². The van der Waals surface area contributed by atoms with Gasteiger partial charge in [-0.15, -0.1) is 0 Å². The van der Waals surface area contributed by atoms with Crippen LogP contribution in [-0.2, 0) is 11.3 Å². The lowest BCUT2D eigenvalue weighted by molar-refractivity contribution is -0.127. The van der Waals surface area contributed by atoms with E-state index in [2.05, 4.69) is 40.1 Å². The molecule has 1 fully saturated rings. The van der Waals surface area contributed by atoms with Crippen LogP contribution >= 0.6 is 0 Å². The number of carbonyl (C=O) groups is 1. The second kappa shape index (κ2) is 8.57. The number of nitrogens with zero attached hydrogens (tertiary/aromatic N) is 3. The Morgan fingerprint density at radius 3 is 2.25 bits per heavy atom. The van der Waals surface area contributed by atoms with Gasteiger partial charge in [-0.05, 0) is 36.2 Å². The van der Waals surface area contributed by atoms with E-state index >= 15 is 0 Å². The molecule has 0 unspecified atom stereocenters. The van der Waals surface area contributed by atoms with E-state index in [0.29, 0.717) is 0 Å². The molecule has 2 aromatic carbocycles. The Bertz CT molecular complexity index is 827. The predicted molar refractivity (Wildman–Crippen MR) is 110 cm³/mol. The van der Waals surface area contributed by atoms with E-state index < -0.39 is 0 Å². The van der Waals surface area contributed by atoms with Crippen LogP contribution in [0.5, 0.6) is 0 Å². The topological polar surface area (TPSA) is 26.8 Å². The number of rotatable bonds is 4. The standard InChI is InChI=1S/C23H26FN3O/c24-21-8-6-19(7-9-21)18-25-12-10-20(11-13-25)23(28)27-16-14-26(15-17-27)22-4-2-1-3-5-22/h1-10H,11-18H2. The summed E-state index contributed by atoms with van der Waals surface area (Å²) in [6.07, 6.45) is 2.85. The fraction of sp³-hybridized carbons (Fsp3) is 0.348. The molecule has 2 heterocycles. The fourth-order valence-corrected chi connectivity index (χ4v) is 3.91. The first-order chi connectivity index (χ1) is 13.7. The lowest BCUT2D eigenvalue weighted by atomic mass is 10.1. The Morgan fingerprint density at radius 1 is 0.893 bits per heavy atom. The maximum absolute atomic E-state index is 13.0. The Balaban J connectivity index is 1.29. The predicted octanol–water partition coefficient (Wildman–Crippen LogP) is 3.31. The van der Waals surface area contributed by atoms with Crippen LogP contribution in [-0.4, -0.2) is 55.0 Å². The number of anilines is 1. The summed E-state index contributed by atoms with van der Waals surface area (Å²) in [5, 5.41) is 0. The van der Waals surface area contributed by atoms with Crippen molar-refractivity contribution in [3.05, 3.63) is 77.6 Å². The molecule has 0 spiro atoms. The van der Waals surface area contributed by atoms with Gasteiger partial charge in [-0.3, -0.25) is 9.69 Å². The summed E-state index contributed by atoms with van der Waals surface area (Å²) >= 11 is 0. The molecule has 0 aromatic heterocycles. The van der Waals surface area contributed by atoms with Crippen molar-refractivity contribution in [1.29, 1.82) is 0 Å². The average Bonchev–Trinajstić information content (AvgIpc) is 2.76. The smallest absolute Gasteiger partial charge is 0.249 e. The number of benzene rings is 2. The van der Waals surface area contributed by atoms with Crippen molar-refractivity contribution in [2.24, 2.45) is 0 Å². The van der Waals surface area contributed by atoms with Crippen molar-refractivity contribution in [1.82, 2.24) is 9.80 Å². The molecule has 2 aromatic rings. The summed E-state index contributed by atoms with van der Waals surface area (Å²) in [7, 11) is 0. The third kappa shape index (κ3) is 4.42. The molecule has 2 aliphatic heterocycles. The zero-order chi connectivity index (χ0) is 19.3. The Kier molecular flexibility index (Phi) is 5.72. The van der Waals surface area contributed by atoms with Crippen LogP contribution in [0.2, 0.25) is 0 Å². The third-order valence-corrected chi connectivity index (χ3v) is 5.58. The normalized spacial score (nSPS) is 18.1. The number of hydrogen-bond donors (Lipinski definition) is 0. The van der Waals surface area contributed by atoms with Crippen molar-refractivity contribution in [3.63, 3.8) is 0 Å². The summed E-state index contributed by atoms with van der Waals surface area (Å²) in [5.41, 5.74) is 3.26. The van der Waals surface area contributed by atoms with E-state index in [1.807, 2.05) is 23.1 Å². The molecular weight excluding hydrogens is 353 g/mol. The highest BCUT2D eigenvalue weighted by Gasteiger charge is 2.25. The van der Waals surface area contributed by atoms with Crippen LogP contribution in [0.15, 0.2) is 66.2 Å². The van der Waals surface area contributed by atoms with E-state index in [9.17, 15) is 9.18 Å². The van der Waals surface area contributed by atoms with Gasteiger partial charge in [0.25, 0.3) is 0 Å². The first-order valence-corrected chi connectivity index (χ1v) is 9.94. The SMILES string of the molecule is O=C(C1=CCN(Cc2ccc(F)cc2)CC1)N1CCN(c2ccccc2)CC1. The Morgan fingerprint density at radius 2 is 1.61 bits per heavy atom. The highest BCUT2D eigenvalue weighted by atomic mass is 19.1. The number of piperazine rings is 1. The van der Waals surface area contributed by atoms with Gasteiger partial charge >= 0.3 is 0 Å². The van der Waals surface area contributed by atoms with Crippen molar-refractivity contribution in [3.8, 4) is 0 Å². The number of para-hydroxylation sites is 1. The van der Waals surface area contributed by atoms with Crippen LogP contribution in [0.1, 0.15) is 12.0 Å². The fourth-order valence-electron chi connectivity index (χ4n) is 3.91. The summed E-state index contributed by atoms with van der Waals surface area (Å²) in [4.78, 5) is 19.5. The van der Waals surface area contributed by atoms with Crippen LogP contribution in [0.25, 0.3) is 0 Å². The van der Waals surface area contributed by atoms with E-state index in [1.165, 1.54) is 17.8 Å². The van der Waals surface area contributed by atoms with Crippen molar-refractivity contribution in [2.45, 2.75) is 13.0 Å². The molecule has 0 atom stereocenters. The molecule has 1 saturated heterocycles. The first kappa shape index (κ1) is 18.7. The van der Waals surface area contributed by atoms with Crippen molar-refractivity contribution < 1.29 is 9.18 Å². The minimum atomic E-state index is -0.206. The van der Waals surface area contributed by atoms with E-state index in [-0.39, 0.29) is 11.7 Å². The first-order valence-electron chi connectivity index (χ1n) is 9.94. The quantitative estimate of drug-likeness (QED) is 0.816. The number of carbonyl (C=O) groups excluding carboxylic acids is 1. The maximum Gasteiger partial charge on any atom is 0.249 e. The molecule has 0 N–H and O–H groups in total. The zero-order valence-corrected chi connectivity index (χ0v) is 16.1. The molecule has 4 rings (SSSR count). The maximum atomic E-state index is 13.0. The van der Waals surface area contributed by atoms with Gasteiger partial charge in [0.05, 0.1) is 0 Å². The minimum absolute atomic E-state index is 0.189. The lowest BCUT2D eigenvalue weighted by Crippen LogP contribution is -2.49. The highest BCUT2D eigenvalue weighted by Crippen LogP contribution is 2.19. The molecule has 0 saturated carbocycles. The molecule has 1 amide bonds. The Hall–Kier alpha value is -2.66. The van der Waals surface area contributed by atoms with Crippen molar-refractivity contribution in [2.75, 3.05) is 44.2 Å². The van der Waals surface area contributed by atoms with Crippen molar-refractivity contribution >= 4 is 11.6 Å². The highest BCUT2D eigenvalue weighted by molar-refractivity contribution is 5.93. The second-order valence-corrected chi connectivity index (χ2v) is 7.46. The van der Waals surface area contributed by atoms with E-state index in [1.54, 1.807) is 0 Å². The van der Waals surface area contributed by atoms with Gasteiger partial charge in [-0.1, -0.05) is 36.4 Å². The molecule has 146 valence electrons. The van der Waals surface area contributed by atoms with Crippen LogP contribution in [0.3, 0.4) is 0 Å². The van der Waals surface area contributed by atoms with Gasteiger partial charge in [-0.25, -0.2) is 4.39 Å². The lowest BCUT2D eigenvalue weighted by Gasteiger charge is -2.37. The molecule has 4 nitrogen and oxygen atoms in total. The van der Waals surface area contributed by atoms with Gasteiger partial charge in [-0.2, -0.15) is 0 Å². The van der Waals surface area contributed by atoms with Crippen LogP contribution in [0.4, 0.5) is 10.1 Å². The van der Waals surface area contributed by atoms with Gasteiger partial charge in [0.15, 0.2) is 0 Å². The molecule has 0 aliphatic carbocycles. The molecule has 5 heteroatoms. The summed E-state index contributed by atoms with van der Waals surface area (Å²) < 4.78 is 13.0. The van der Waals surface area contributed by atoms with Gasteiger partial charge in [0.2, 0.25) is 5.91 Å². The number of amides is 1. The van der Waals surface area contributed by atoms with E-state index in [4.69, 9.17) is 0 Å². The zero-order valence-electron chi connectivity index (χ0n) is 16.1.